The second kappa shape index (κ2) is 6.98. The molecule has 3 N–H and O–H groups in total. The van der Waals surface area contributed by atoms with E-state index in [9.17, 15) is 0 Å². The van der Waals surface area contributed by atoms with E-state index >= 15 is 0 Å². The van der Waals surface area contributed by atoms with Crippen LogP contribution in [0.15, 0.2) is 12.7 Å². The Labute approximate surface area is 87.3 Å². The van der Waals surface area contributed by atoms with Gasteiger partial charge in [0.25, 0.3) is 0 Å². The Kier molecular flexibility index (Phi) is 5.83. The van der Waals surface area contributed by atoms with E-state index in [1.807, 2.05) is 6.08 Å². The van der Waals surface area contributed by atoms with Gasteiger partial charge in [-0.1, -0.05) is 6.08 Å². The van der Waals surface area contributed by atoms with Crippen molar-refractivity contribution in [2.75, 3.05) is 39.3 Å². The van der Waals surface area contributed by atoms with Crippen LogP contribution in [0.4, 0.5) is 0 Å². The van der Waals surface area contributed by atoms with Crippen LogP contribution in [0.1, 0.15) is 12.8 Å². The molecule has 1 rings (SSSR count). The lowest BCUT2D eigenvalue weighted by atomic mass is 9.97. The molecule has 0 unspecified atom stereocenters. The van der Waals surface area contributed by atoms with Crippen LogP contribution < -0.4 is 11.1 Å². The van der Waals surface area contributed by atoms with Crippen LogP contribution in [0.25, 0.3) is 0 Å². The SMILES string of the molecule is C=CCNCC1CCN(CCN)CC1. The molecule has 0 aliphatic carbocycles. The molecule has 1 heterocycles. The van der Waals surface area contributed by atoms with Crippen LogP contribution in [0, 0.1) is 5.92 Å². The maximum atomic E-state index is 5.53. The number of hydrogen-bond acceptors (Lipinski definition) is 3. The van der Waals surface area contributed by atoms with Crippen molar-refractivity contribution < 1.29 is 0 Å². The fourth-order valence-corrected chi connectivity index (χ4v) is 1.99. The van der Waals surface area contributed by atoms with Crippen molar-refractivity contribution in [3.05, 3.63) is 12.7 Å². The third-order valence-electron chi connectivity index (χ3n) is 2.87. The minimum atomic E-state index is 0.791. The first-order valence-corrected chi connectivity index (χ1v) is 5.61. The zero-order valence-electron chi connectivity index (χ0n) is 9.04. The summed E-state index contributed by atoms with van der Waals surface area (Å²) in [7, 11) is 0. The molecule has 1 fully saturated rings. The summed E-state index contributed by atoms with van der Waals surface area (Å²) in [5.41, 5.74) is 5.53. The molecular formula is C11H23N3. The smallest absolute Gasteiger partial charge is 0.0132 e. The number of nitrogens with two attached hydrogens (primary N) is 1. The van der Waals surface area contributed by atoms with E-state index in [0.717, 1.165) is 32.1 Å². The van der Waals surface area contributed by atoms with Crippen LogP contribution in [-0.2, 0) is 0 Å². The van der Waals surface area contributed by atoms with Gasteiger partial charge >= 0.3 is 0 Å². The van der Waals surface area contributed by atoms with Crippen molar-refractivity contribution in [3.63, 3.8) is 0 Å². The molecule has 0 amide bonds. The summed E-state index contributed by atoms with van der Waals surface area (Å²) in [6.45, 7) is 10.1. The highest BCUT2D eigenvalue weighted by molar-refractivity contribution is 4.76. The van der Waals surface area contributed by atoms with Gasteiger partial charge in [0.15, 0.2) is 0 Å². The Hall–Kier alpha value is -0.380. The normalized spacial score (nSPS) is 19.8. The molecule has 14 heavy (non-hydrogen) atoms. The molecule has 1 aliphatic rings. The number of nitrogens with zero attached hydrogens (tertiary/aromatic N) is 1. The highest BCUT2D eigenvalue weighted by atomic mass is 15.1. The third kappa shape index (κ3) is 4.22. The quantitative estimate of drug-likeness (QED) is 0.479. The largest absolute Gasteiger partial charge is 0.329 e. The van der Waals surface area contributed by atoms with Gasteiger partial charge in [-0.3, -0.25) is 0 Å². The van der Waals surface area contributed by atoms with Crippen LogP contribution in [0.5, 0.6) is 0 Å². The lowest BCUT2D eigenvalue weighted by Gasteiger charge is -2.31. The van der Waals surface area contributed by atoms with E-state index in [1.54, 1.807) is 0 Å². The molecule has 1 saturated heterocycles. The minimum Gasteiger partial charge on any atom is -0.329 e. The standard InChI is InChI=1S/C11H23N3/c1-2-6-13-10-11-3-7-14(8-4-11)9-5-12/h2,11,13H,1,3-10,12H2. The van der Waals surface area contributed by atoms with Crippen LogP contribution in [0.3, 0.4) is 0 Å². The second-order valence-electron chi connectivity index (χ2n) is 4.02. The first-order chi connectivity index (χ1) is 6.86. The van der Waals surface area contributed by atoms with Crippen molar-refractivity contribution in [1.29, 1.82) is 0 Å². The molecule has 3 nitrogen and oxygen atoms in total. The summed E-state index contributed by atoms with van der Waals surface area (Å²) in [6, 6.07) is 0. The second-order valence-corrected chi connectivity index (χ2v) is 4.02. The topological polar surface area (TPSA) is 41.3 Å². The molecule has 0 saturated carbocycles. The molecule has 1 aliphatic heterocycles. The average molecular weight is 197 g/mol. The van der Waals surface area contributed by atoms with Crippen molar-refractivity contribution in [2.45, 2.75) is 12.8 Å². The molecule has 0 spiro atoms. The van der Waals surface area contributed by atoms with Gasteiger partial charge in [0.1, 0.15) is 0 Å². The number of likely N-dealkylation sites (tertiary alicyclic amines) is 1. The monoisotopic (exact) mass is 197 g/mol. The zero-order chi connectivity index (χ0) is 10.2. The summed E-state index contributed by atoms with van der Waals surface area (Å²) in [5.74, 6) is 0.851. The summed E-state index contributed by atoms with van der Waals surface area (Å²) in [4.78, 5) is 2.46. The number of hydrogen-bond donors (Lipinski definition) is 2. The average Bonchev–Trinajstić information content (AvgIpc) is 2.21. The van der Waals surface area contributed by atoms with Gasteiger partial charge in [0.05, 0.1) is 0 Å². The van der Waals surface area contributed by atoms with Crippen LogP contribution in [-0.4, -0.2) is 44.2 Å². The molecule has 0 bridgehead atoms. The zero-order valence-corrected chi connectivity index (χ0v) is 9.04. The van der Waals surface area contributed by atoms with Gasteiger partial charge in [0, 0.05) is 19.6 Å². The maximum Gasteiger partial charge on any atom is 0.0132 e. The first kappa shape index (κ1) is 11.7. The Bertz CT molecular complexity index is 151. The fraction of sp³-hybridized carbons (Fsp3) is 0.818. The molecule has 0 atom stereocenters. The molecule has 0 aromatic carbocycles. The molecular weight excluding hydrogens is 174 g/mol. The van der Waals surface area contributed by atoms with Crippen molar-refractivity contribution >= 4 is 0 Å². The maximum absolute atomic E-state index is 5.53. The Morgan fingerprint density at radius 1 is 1.43 bits per heavy atom. The van der Waals surface area contributed by atoms with Crippen molar-refractivity contribution in [2.24, 2.45) is 11.7 Å². The van der Waals surface area contributed by atoms with E-state index < -0.39 is 0 Å². The Morgan fingerprint density at radius 3 is 2.71 bits per heavy atom. The first-order valence-electron chi connectivity index (χ1n) is 5.61. The van der Waals surface area contributed by atoms with E-state index in [0.29, 0.717) is 0 Å². The lowest BCUT2D eigenvalue weighted by molar-refractivity contribution is 0.187. The van der Waals surface area contributed by atoms with Crippen LogP contribution in [0.2, 0.25) is 0 Å². The fourth-order valence-electron chi connectivity index (χ4n) is 1.99. The van der Waals surface area contributed by atoms with Gasteiger partial charge in [-0.05, 0) is 38.4 Å². The number of rotatable bonds is 6. The van der Waals surface area contributed by atoms with Crippen molar-refractivity contribution in [3.8, 4) is 0 Å². The van der Waals surface area contributed by atoms with Gasteiger partial charge < -0.3 is 16.0 Å². The summed E-state index contributed by atoms with van der Waals surface area (Å²) in [5, 5.41) is 3.39. The molecule has 0 aromatic heterocycles. The molecule has 3 heteroatoms. The van der Waals surface area contributed by atoms with Crippen molar-refractivity contribution in [1.82, 2.24) is 10.2 Å². The minimum absolute atomic E-state index is 0.791. The summed E-state index contributed by atoms with van der Waals surface area (Å²) < 4.78 is 0. The molecule has 0 aromatic rings. The van der Waals surface area contributed by atoms with E-state index in [4.69, 9.17) is 5.73 Å². The third-order valence-corrected chi connectivity index (χ3v) is 2.87. The summed E-state index contributed by atoms with van der Waals surface area (Å²) in [6.07, 6.45) is 4.54. The van der Waals surface area contributed by atoms with E-state index in [1.165, 1.54) is 25.9 Å². The Morgan fingerprint density at radius 2 is 2.14 bits per heavy atom. The molecule has 0 radical (unpaired) electrons. The predicted molar refractivity (Wildman–Crippen MR) is 61.3 cm³/mol. The highest BCUT2D eigenvalue weighted by Crippen LogP contribution is 2.15. The van der Waals surface area contributed by atoms with E-state index in [-0.39, 0.29) is 0 Å². The highest BCUT2D eigenvalue weighted by Gasteiger charge is 2.17. The number of piperidine rings is 1. The molecule has 82 valence electrons. The number of nitrogens with one attached hydrogen (secondary N) is 1. The van der Waals surface area contributed by atoms with Gasteiger partial charge in [-0.15, -0.1) is 6.58 Å². The van der Waals surface area contributed by atoms with E-state index in [2.05, 4.69) is 16.8 Å². The van der Waals surface area contributed by atoms with Gasteiger partial charge in [0.2, 0.25) is 0 Å². The van der Waals surface area contributed by atoms with Gasteiger partial charge in [-0.25, -0.2) is 0 Å². The van der Waals surface area contributed by atoms with Crippen LogP contribution >= 0.6 is 0 Å². The lowest BCUT2D eigenvalue weighted by Crippen LogP contribution is -2.39. The Balaban J connectivity index is 2.06. The summed E-state index contributed by atoms with van der Waals surface area (Å²) >= 11 is 0. The predicted octanol–water partition coefficient (Wildman–Crippen LogP) is 0.433. The van der Waals surface area contributed by atoms with Gasteiger partial charge in [-0.2, -0.15) is 0 Å².